The van der Waals surface area contributed by atoms with E-state index in [-0.39, 0.29) is 13.2 Å². The molecule has 0 amide bonds. The Labute approximate surface area is 131 Å². The molecule has 0 bridgehead atoms. The number of hydrogen-bond donors (Lipinski definition) is 2. The van der Waals surface area contributed by atoms with E-state index in [4.69, 9.17) is 19.7 Å². The van der Waals surface area contributed by atoms with E-state index >= 15 is 0 Å². The summed E-state index contributed by atoms with van der Waals surface area (Å²) in [5.74, 6) is 0. The molecular weight excluding hydrogens is 284 g/mol. The molecular formula is C16H24N2O4. The van der Waals surface area contributed by atoms with Gasteiger partial charge in [0, 0.05) is 12.4 Å². The van der Waals surface area contributed by atoms with Gasteiger partial charge in [0.15, 0.2) is 0 Å². The summed E-state index contributed by atoms with van der Waals surface area (Å²) in [5, 5.41) is 17.1. The minimum atomic E-state index is 0.0420. The molecule has 22 heavy (non-hydrogen) atoms. The smallest absolute Gasteiger partial charge is 0.0698 e. The van der Waals surface area contributed by atoms with Crippen molar-refractivity contribution in [2.45, 2.75) is 0 Å². The summed E-state index contributed by atoms with van der Waals surface area (Å²) in [6.07, 6.45) is 3.60. The van der Waals surface area contributed by atoms with Crippen molar-refractivity contribution in [2.75, 3.05) is 52.7 Å². The van der Waals surface area contributed by atoms with Crippen LogP contribution in [0, 0.1) is 0 Å². The van der Waals surface area contributed by atoms with Crippen LogP contribution in [-0.4, -0.2) is 75.4 Å². The maximum absolute atomic E-state index is 8.55. The zero-order valence-electron chi connectivity index (χ0n) is 12.7. The second-order valence-electron chi connectivity index (χ2n) is 4.41. The van der Waals surface area contributed by atoms with Gasteiger partial charge in [-0.1, -0.05) is 24.3 Å². The number of aliphatic imine (C=N–C) groups is 2. The van der Waals surface area contributed by atoms with Gasteiger partial charge in [0.25, 0.3) is 0 Å². The van der Waals surface area contributed by atoms with Crippen LogP contribution in [0.3, 0.4) is 0 Å². The van der Waals surface area contributed by atoms with Gasteiger partial charge in [0.05, 0.1) is 52.7 Å². The molecule has 1 rings (SSSR count). The summed E-state index contributed by atoms with van der Waals surface area (Å²) < 4.78 is 10.2. The first kappa shape index (κ1) is 18.4. The Morgan fingerprint density at radius 2 is 1.14 bits per heavy atom. The van der Waals surface area contributed by atoms with E-state index < -0.39 is 0 Å². The zero-order valence-corrected chi connectivity index (χ0v) is 12.7. The number of nitrogens with zero attached hydrogens (tertiary/aromatic N) is 2. The van der Waals surface area contributed by atoms with E-state index in [1.54, 1.807) is 12.4 Å². The van der Waals surface area contributed by atoms with E-state index in [0.29, 0.717) is 39.5 Å². The van der Waals surface area contributed by atoms with E-state index in [0.717, 1.165) is 11.1 Å². The lowest BCUT2D eigenvalue weighted by Crippen LogP contribution is -2.03. The van der Waals surface area contributed by atoms with Crippen LogP contribution in [-0.2, 0) is 9.47 Å². The van der Waals surface area contributed by atoms with E-state index in [1.165, 1.54) is 0 Å². The van der Waals surface area contributed by atoms with Crippen molar-refractivity contribution in [3.05, 3.63) is 35.4 Å². The Bertz CT molecular complexity index is 391. The molecule has 0 radical (unpaired) electrons. The molecule has 0 aromatic heterocycles. The molecule has 0 aliphatic rings. The monoisotopic (exact) mass is 308 g/mol. The molecule has 0 fully saturated rings. The van der Waals surface area contributed by atoms with Crippen molar-refractivity contribution in [3.63, 3.8) is 0 Å². The molecule has 0 aliphatic carbocycles. The molecule has 1 aromatic rings. The Balaban J connectivity index is 2.24. The van der Waals surface area contributed by atoms with Gasteiger partial charge >= 0.3 is 0 Å². The molecule has 2 N–H and O–H groups in total. The summed E-state index contributed by atoms with van der Waals surface area (Å²) >= 11 is 0. The van der Waals surface area contributed by atoms with Crippen LogP contribution in [0.25, 0.3) is 0 Å². The summed E-state index contributed by atoms with van der Waals surface area (Å²) in [7, 11) is 0. The topological polar surface area (TPSA) is 83.6 Å². The van der Waals surface area contributed by atoms with Crippen molar-refractivity contribution in [3.8, 4) is 0 Å². The number of aliphatic hydroxyl groups excluding tert-OH is 2. The lowest BCUT2D eigenvalue weighted by molar-refractivity contribution is 0.0978. The summed E-state index contributed by atoms with van der Waals surface area (Å²) in [6, 6.07) is 7.90. The molecule has 6 heteroatoms. The van der Waals surface area contributed by atoms with Gasteiger partial charge in [-0.05, 0) is 11.1 Å². The average molecular weight is 308 g/mol. The second-order valence-corrected chi connectivity index (χ2v) is 4.41. The fourth-order valence-electron chi connectivity index (χ4n) is 1.58. The lowest BCUT2D eigenvalue weighted by Gasteiger charge is -1.99. The molecule has 0 spiro atoms. The van der Waals surface area contributed by atoms with Crippen LogP contribution < -0.4 is 0 Å². The van der Waals surface area contributed by atoms with Crippen LogP contribution in [0.4, 0.5) is 0 Å². The van der Waals surface area contributed by atoms with E-state index in [2.05, 4.69) is 9.98 Å². The SMILES string of the molecule is OCCOCC/N=C/c1ccc(/C=N/CCOCCO)cc1. The molecule has 0 saturated heterocycles. The fraction of sp³-hybridized carbons (Fsp3) is 0.500. The third kappa shape index (κ3) is 9.36. The average Bonchev–Trinajstić information content (AvgIpc) is 2.55. The van der Waals surface area contributed by atoms with Gasteiger partial charge in [-0.15, -0.1) is 0 Å². The number of hydrogen-bond acceptors (Lipinski definition) is 6. The first-order chi connectivity index (χ1) is 10.9. The largest absolute Gasteiger partial charge is 0.394 e. The minimum Gasteiger partial charge on any atom is -0.394 e. The van der Waals surface area contributed by atoms with Gasteiger partial charge < -0.3 is 19.7 Å². The highest BCUT2D eigenvalue weighted by molar-refractivity contribution is 5.84. The summed E-state index contributed by atoms with van der Waals surface area (Å²) in [5.41, 5.74) is 2.04. The fourth-order valence-corrected chi connectivity index (χ4v) is 1.58. The molecule has 0 saturated carbocycles. The molecule has 0 heterocycles. The molecule has 0 unspecified atom stereocenters. The maximum Gasteiger partial charge on any atom is 0.0698 e. The van der Waals surface area contributed by atoms with E-state index in [9.17, 15) is 0 Å². The van der Waals surface area contributed by atoms with Gasteiger partial charge in [0.2, 0.25) is 0 Å². The van der Waals surface area contributed by atoms with Gasteiger partial charge in [0.1, 0.15) is 0 Å². The highest BCUT2D eigenvalue weighted by Gasteiger charge is 1.91. The first-order valence-electron chi connectivity index (χ1n) is 7.33. The van der Waals surface area contributed by atoms with Crippen LogP contribution in [0.2, 0.25) is 0 Å². The van der Waals surface area contributed by atoms with Gasteiger partial charge in [-0.25, -0.2) is 0 Å². The van der Waals surface area contributed by atoms with Crippen LogP contribution >= 0.6 is 0 Å². The highest BCUT2D eigenvalue weighted by Crippen LogP contribution is 2.00. The van der Waals surface area contributed by atoms with Crippen molar-refractivity contribution in [1.29, 1.82) is 0 Å². The third-order valence-corrected chi connectivity index (χ3v) is 2.62. The summed E-state index contributed by atoms with van der Waals surface area (Å²) in [6.45, 7) is 2.98. The van der Waals surface area contributed by atoms with Gasteiger partial charge in [-0.3, -0.25) is 9.98 Å². The molecule has 1 aromatic carbocycles. The molecule has 122 valence electrons. The minimum absolute atomic E-state index is 0.0420. The molecule has 0 atom stereocenters. The normalized spacial score (nSPS) is 11.7. The van der Waals surface area contributed by atoms with Crippen molar-refractivity contribution in [2.24, 2.45) is 9.98 Å². The number of aliphatic hydroxyl groups is 2. The standard InChI is InChI=1S/C16H24N2O4/c19-7-11-21-9-5-17-13-15-1-2-16(4-3-15)14-18-6-10-22-12-8-20/h1-4,13-14,19-20H,5-12H2/b17-13+,18-14+. The predicted molar refractivity (Wildman–Crippen MR) is 87.2 cm³/mol. The first-order valence-corrected chi connectivity index (χ1v) is 7.33. The van der Waals surface area contributed by atoms with E-state index in [1.807, 2.05) is 24.3 Å². The summed E-state index contributed by atoms with van der Waals surface area (Å²) in [4.78, 5) is 8.49. The highest BCUT2D eigenvalue weighted by atomic mass is 16.5. The Morgan fingerprint density at radius 1 is 0.727 bits per heavy atom. The zero-order chi connectivity index (χ0) is 15.9. The number of benzene rings is 1. The second kappa shape index (κ2) is 13.1. The quantitative estimate of drug-likeness (QED) is 0.436. The van der Waals surface area contributed by atoms with Crippen LogP contribution in [0.1, 0.15) is 11.1 Å². The lowest BCUT2D eigenvalue weighted by atomic mass is 10.1. The number of ether oxygens (including phenoxy) is 2. The van der Waals surface area contributed by atoms with Crippen LogP contribution in [0.5, 0.6) is 0 Å². The maximum atomic E-state index is 8.55. The number of rotatable bonds is 12. The molecule has 0 aliphatic heterocycles. The van der Waals surface area contributed by atoms with Crippen LogP contribution in [0.15, 0.2) is 34.3 Å². The van der Waals surface area contributed by atoms with Crippen molar-refractivity contribution < 1.29 is 19.7 Å². The Morgan fingerprint density at radius 3 is 1.50 bits per heavy atom. The van der Waals surface area contributed by atoms with Crippen molar-refractivity contribution >= 4 is 12.4 Å². The van der Waals surface area contributed by atoms with Crippen molar-refractivity contribution in [1.82, 2.24) is 0 Å². The Kier molecular flexibility index (Phi) is 11.0. The Hall–Kier alpha value is -1.60. The van der Waals surface area contributed by atoms with Gasteiger partial charge in [-0.2, -0.15) is 0 Å². The predicted octanol–water partition coefficient (Wildman–Crippen LogP) is 0.542. The third-order valence-electron chi connectivity index (χ3n) is 2.62. The molecule has 6 nitrogen and oxygen atoms in total.